The molecule has 0 bridgehead atoms. The Balaban J connectivity index is 0.00000272. The average Bonchev–Trinajstić information content (AvgIpc) is 2.82. The molecule has 0 spiro atoms. The molecule has 0 amide bonds. The van der Waals surface area contributed by atoms with Gasteiger partial charge in [-0.3, -0.25) is 14.9 Å². The van der Waals surface area contributed by atoms with E-state index in [1.807, 2.05) is 19.3 Å². The van der Waals surface area contributed by atoms with E-state index < -0.39 is 0 Å². The summed E-state index contributed by atoms with van der Waals surface area (Å²) >= 11 is 0. The Morgan fingerprint density at radius 3 is 2.65 bits per heavy atom. The van der Waals surface area contributed by atoms with Crippen molar-refractivity contribution in [2.24, 2.45) is 4.99 Å². The second-order valence-corrected chi connectivity index (χ2v) is 8.48. The molecule has 1 saturated carbocycles. The maximum atomic E-state index is 5.60. The zero-order chi connectivity index (χ0) is 20.7. The first kappa shape index (κ1) is 24.2. The molecule has 1 aliphatic heterocycles. The fourth-order valence-electron chi connectivity index (χ4n) is 5.01. The van der Waals surface area contributed by atoms with Crippen LogP contribution in [0.3, 0.4) is 0 Å². The van der Waals surface area contributed by atoms with Crippen molar-refractivity contribution in [2.75, 3.05) is 46.4 Å². The molecular formula is C24H36IN5O. The molecule has 2 aliphatic rings. The average molecular weight is 537 g/mol. The molecular weight excluding hydrogens is 501 g/mol. The molecule has 4 rings (SSSR count). The fourth-order valence-corrected chi connectivity index (χ4v) is 5.01. The Morgan fingerprint density at radius 1 is 1.10 bits per heavy atom. The smallest absolute Gasteiger partial charge is 0.191 e. The van der Waals surface area contributed by atoms with Gasteiger partial charge < -0.3 is 15.4 Å². The van der Waals surface area contributed by atoms with Gasteiger partial charge in [-0.05, 0) is 30.9 Å². The Morgan fingerprint density at radius 2 is 1.87 bits per heavy atom. The molecule has 2 heterocycles. The van der Waals surface area contributed by atoms with Crippen LogP contribution in [0.2, 0.25) is 0 Å². The van der Waals surface area contributed by atoms with Crippen molar-refractivity contribution >= 4 is 40.8 Å². The molecule has 6 nitrogen and oxygen atoms in total. The van der Waals surface area contributed by atoms with Gasteiger partial charge >= 0.3 is 0 Å². The van der Waals surface area contributed by atoms with Crippen LogP contribution >= 0.6 is 24.0 Å². The minimum Gasteiger partial charge on any atom is -0.379 e. The number of halogens is 1. The molecule has 2 N–H and O–H groups in total. The van der Waals surface area contributed by atoms with Crippen LogP contribution in [0.15, 0.2) is 41.5 Å². The lowest BCUT2D eigenvalue weighted by Crippen LogP contribution is -2.60. The monoisotopic (exact) mass is 537 g/mol. The van der Waals surface area contributed by atoms with Gasteiger partial charge in [-0.25, -0.2) is 0 Å². The fraction of sp³-hybridized carbons (Fsp3) is 0.583. The van der Waals surface area contributed by atoms with Crippen molar-refractivity contribution in [1.82, 2.24) is 20.5 Å². The van der Waals surface area contributed by atoms with Gasteiger partial charge in [-0.15, -0.1) is 24.0 Å². The van der Waals surface area contributed by atoms with Crippen LogP contribution in [0, 0.1) is 0 Å². The van der Waals surface area contributed by atoms with E-state index in [0.29, 0.717) is 0 Å². The number of benzene rings is 1. The summed E-state index contributed by atoms with van der Waals surface area (Å²) in [5, 5.41) is 8.35. The summed E-state index contributed by atoms with van der Waals surface area (Å²) in [4.78, 5) is 11.7. The van der Waals surface area contributed by atoms with Crippen molar-refractivity contribution in [3.63, 3.8) is 0 Å². The van der Waals surface area contributed by atoms with Crippen molar-refractivity contribution in [3.8, 4) is 0 Å². The van der Waals surface area contributed by atoms with Crippen molar-refractivity contribution in [3.05, 3.63) is 42.1 Å². The first-order chi connectivity index (χ1) is 14.8. The number of ether oxygens (including phenoxy) is 1. The van der Waals surface area contributed by atoms with Gasteiger partial charge in [0, 0.05) is 50.3 Å². The molecule has 1 aromatic carbocycles. The number of fused-ring (bicyclic) bond motifs is 1. The third-order valence-electron chi connectivity index (χ3n) is 6.68. The van der Waals surface area contributed by atoms with Gasteiger partial charge in [-0.2, -0.15) is 0 Å². The van der Waals surface area contributed by atoms with Gasteiger partial charge in [-0.1, -0.05) is 43.5 Å². The number of hydrogen-bond acceptors (Lipinski definition) is 4. The highest BCUT2D eigenvalue weighted by Gasteiger charge is 2.38. The van der Waals surface area contributed by atoms with Crippen molar-refractivity contribution in [2.45, 2.75) is 44.1 Å². The molecule has 1 aromatic heterocycles. The Kier molecular flexibility index (Phi) is 9.34. The Bertz CT molecular complexity index is 841. The number of hydrogen-bond donors (Lipinski definition) is 2. The maximum Gasteiger partial charge on any atom is 0.191 e. The second-order valence-electron chi connectivity index (χ2n) is 8.48. The number of pyridine rings is 1. The van der Waals surface area contributed by atoms with Crippen LogP contribution in [0.25, 0.3) is 10.9 Å². The summed E-state index contributed by atoms with van der Waals surface area (Å²) < 4.78 is 5.60. The number of aliphatic imine (C=N–C) groups is 1. The third-order valence-corrected chi connectivity index (χ3v) is 6.68. The van der Waals surface area contributed by atoms with Crippen LogP contribution in [0.1, 0.15) is 37.7 Å². The summed E-state index contributed by atoms with van der Waals surface area (Å²) in [5.74, 6) is 0.890. The summed E-state index contributed by atoms with van der Waals surface area (Å²) in [7, 11) is 1.86. The van der Waals surface area contributed by atoms with E-state index >= 15 is 0 Å². The zero-order valence-corrected chi connectivity index (χ0v) is 20.9. The number of nitrogens with one attached hydrogen (secondary N) is 2. The maximum absolute atomic E-state index is 5.60. The predicted molar refractivity (Wildman–Crippen MR) is 138 cm³/mol. The molecule has 0 atom stereocenters. The molecule has 1 aliphatic carbocycles. The van der Waals surface area contributed by atoms with E-state index in [-0.39, 0.29) is 29.5 Å². The molecule has 1 saturated heterocycles. The molecule has 7 heteroatoms. The highest BCUT2D eigenvalue weighted by atomic mass is 127. The molecule has 2 aromatic rings. The van der Waals surface area contributed by atoms with Gasteiger partial charge in [0.1, 0.15) is 0 Å². The van der Waals surface area contributed by atoms with E-state index in [4.69, 9.17) is 4.74 Å². The van der Waals surface area contributed by atoms with E-state index in [2.05, 4.69) is 49.8 Å². The van der Waals surface area contributed by atoms with Crippen LogP contribution in [-0.2, 0) is 11.2 Å². The lowest BCUT2D eigenvalue weighted by Gasteiger charge is -2.48. The largest absolute Gasteiger partial charge is 0.379 e. The highest BCUT2D eigenvalue weighted by molar-refractivity contribution is 14.0. The van der Waals surface area contributed by atoms with E-state index in [1.54, 1.807) is 0 Å². The van der Waals surface area contributed by atoms with Crippen LogP contribution < -0.4 is 10.6 Å². The summed E-state index contributed by atoms with van der Waals surface area (Å²) in [6.45, 7) is 5.58. The van der Waals surface area contributed by atoms with Crippen molar-refractivity contribution in [1.29, 1.82) is 0 Å². The normalized spacial score (nSPS) is 19.6. The predicted octanol–water partition coefficient (Wildman–Crippen LogP) is 3.60. The molecule has 170 valence electrons. The van der Waals surface area contributed by atoms with Crippen LogP contribution in [-0.4, -0.2) is 67.8 Å². The topological polar surface area (TPSA) is 61.8 Å². The molecule has 0 unspecified atom stereocenters. The van der Waals surface area contributed by atoms with E-state index in [1.165, 1.54) is 43.1 Å². The number of rotatable bonds is 6. The zero-order valence-electron chi connectivity index (χ0n) is 18.6. The highest BCUT2D eigenvalue weighted by Crippen LogP contribution is 2.33. The van der Waals surface area contributed by atoms with Crippen LogP contribution in [0.4, 0.5) is 0 Å². The Hall–Kier alpha value is -1.45. The van der Waals surface area contributed by atoms with E-state index in [9.17, 15) is 0 Å². The minimum absolute atomic E-state index is 0. The summed E-state index contributed by atoms with van der Waals surface area (Å²) in [5.41, 5.74) is 2.60. The molecule has 0 radical (unpaired) electrons. The van der Waals surface area contributed by atoms with Gasteiger partial charge in [0.25, 0.3) is 0 Å². The first-order valence-electron chi connectivity index (χ1n) is 11.4. The summed E-state index contributed by atoms with van der Waals surface area (Å²) in [6, 6.07) is 10.5. The van der Waals surface area contributed by atoms with E-state index in [0.717, 1.165) is 57.3 Å². The van der Waals surface area contributed by atoms with Crippen LogP contribution in [0.5, 0.6) is 0 Å². The van der Waals surface area contributed by atoms with Gasteiger partial charge in [0.05, 0.1) is 18.7 Å². The number of aromatic nitrogens is 1. The second kappa shape index (κ2) is 12.0. The Labute approximate surface area is 203 Å². The minimum atomic E-state index is 0. The van der Waals surface area contributed by atoms with Gasteiger partial charge in [0.2, 0.25) is 0 Å². The molecule has 31 heavy (non-hydrogen) atoms. The third kappa shape index (κ3) is 6.08. The number of nitrogens with zero attached hydrogens (tertiary/aromatic N) is 3. The first-order valence-corrected chi connectivity index (χ1v) is 11.4. The molecule has 2 fully saturated rings. The number of para-hydroxylation sites is 1. The van der Waals surface area contributed by atoms with Gasteiger partial charge in [0.15, 0.2) is 5.96 Å². The number of guanidine groups is 1. The lowest BCUT2D eigenvalue weighted by molar-refractivity contribution is -0.0352. The SMILES string of the molecule is CN=C(NCCc1cccc2cccnc12)NCC1(N2CCOCC2)CCCCC1.I. The standard InChI is InChI=1S/C24H35N5O.HI/c1-25-23(27-14-10-21-8-5-7-20-9-6-13-26-22(20)21)28-19-24(11-3-2-4-12-24)29-15-17-30-18-16-29;/h5-9,13H,2-4,10-12,14-19H2,1H3,(H2,25,27,28);1H. The quantitative estimate of drug-likeness (QED) is 0.335. The lowest BCUT2D eigenvalue weighted by atomic mass is 9.80. The number of morpholine rings is 1. The summed E-state index contributed by atoms with van der Waals surface area (Å²) in [6.07, 6.45) is 9.31. The van der Waals surface area contributed by atoms with Crippen molar-refractivity contribution < 1.29 is 4.74 Å².